The van der Waals surface area contributed by atoms with Crippen LogP contribution in [0.2, 0.25) is 0 Å². The molecule has 0 aliphatic carbocycles. The molecule has 144 valence electrons. The van der Waals surface area contributed by atoms with Gasteiger partial charge in [-0.3, -0.25) is 9.69 Å². The highest BCUT2D eigenvalue weighted by atomic mass is 35.6. The number of likely N-dealkylation sites (N-methyl/N-ethyl adjacent to an activating group) is 1. The molecule has 26 heavy (non-hydrogen) atoms. The summed E-state index contributed by atoms with van der Waals surface area (Å²) in [5, 5.41) is 0. The smallest absolute Gasteiger partial charge is 0.409 e. The summed E-state index contributed by atoms with van der Waals surface area (Å²) in [5.41, 5.74) is 1.07. The molecule has 1 aliphatic rings. The van der Waals surface area contributed by atoms with Crippen molar-refractivity contribution in [3.63, 3.8) is 0 Å². The van der Waals surface area contributed by atoms with Crippen molar-refractivity contribution in [3.8, 4) is 0 Å². The number of halogens is 3. The van der Waals surface area contributed by atoms with E-state index >= 15 is 0 Å². The SMILES string of the molecule is COC(=O)[C@@H]1C[C@H](N(C)C(=O)OCC(Cl)(Cl)Cl)CN1Cc1ccccc1. The summed E-state index contributed by atoms with van der Waals surface area (Å²) in [4.78, 5) is 27.8. The lowest BCUT2D eigenvalue weighted by molar-refractivity contribution is -0.146. The first-order valence-electron chi connectivity index (χ1n) is 8.03. The van der Waals surface area contributed by atoms with Crippen molar-refractivity contribution in [2.75, 3.05) is 27.3 Å². The number of esters is 1. The normalized spacial score (nSPS) is 20.7. The lowest BCUT2D eigenvalue weighted by atomic mass is 10.1. The number of carbonyl (C=O) groups is 2. The molecule has 0 N–H and O–H groups in total. The molecular formula is C17H21Cl3N2O4. The van der Waals surface area contributed by atoms with Crippen molar-refractivity contribution >= 4 is 46.9 Å². The van der Waals surface area contributed by atoms with E-state index in [1.165, 1.54) is 12.0 Å². The lowest BCUT2D eigenvalue weighted by Gasteiger charge is -2.25. The summed E-state index contributed by atoms with van der Waals surface area (Å²) in [5.74, 6) is -0.327. The molecule has 2 atom stereocenters. The Morgan fingerprint density at radius 2 is 1.92 bits per heavy atom. The van der Waals surface area contributed by atoms with Crippen LogP contribution in [0.25, 0.3) is 0 Å². The van der Waals surface area contributed by atoms with Crippen molar-refractivity contribution < 1.29 is 19.1 Å². The van der Waals surface area contributed by atoms with Gasteiger partial charge in [-0.15, -0.1) is 0 Å². The molecule has 1 heterocycles. The molecule has 0 unspecified atom stereocenters. The summed E-state index contributed by atoms with van der Waals surface area (Å²) in [6.45, 7) is 0.740. The summed E-state index contributed by atoms with van der Waals surface area (Å²) < 4.78 is 8.26. The van der Waals surface area contributed by atoms with Crippen LogP contribution in [-0.2, 0) is 20.8 Å². The molecule has 0 spiro atoms. The van der Waals surface area contributed by atoms with E-state index in [4.69, 9.17) is 44.3 Å². The van der Waals surface area contributed by atoms with Gasteiger partial charge in [-0.25, -0.2) is 4.79 Å². The van der Waals surface area contributed by atoms with Crippen LogP contribution < -0.4 is 0 Å². The van der Waals surface area contributed by atoms with E-state index in [-0.39, 0.29) is 18.6 Å². The van der Waals surface area contributed by atoms with Gasteiger partial charge >= 0.3 is 12.1 Å². The Labute approximate surface area is 167 Å². The minimum absolute atomic E-state index is 0.217. The number of nitrogens with zero attached hydrogens (tertiary/aromatic N) is 2. The molecule has 1 aliphatic heterocycles. The average molecular weight is 424 g/mol. The van der Waals surface area contributed by atoms with Gasteiger partial charge in [0, 0.05) is 26.2 Å². The van der Waals surface area contributed by atoms with Crippen molar-refractivity contribution in [3.05, 3.63) is 35.9 Å². The summed E-state index contributed by atoms with van der Waals surface area (Å²) in [7, 11) is 2.96. The average Bonchev–Trinajstić information content (AvgIpc) is 3.02. The Bertz CT molecular complexity index is 624. The molecular weight excluding hydrogens is 403 g/mol. The van der Waals surface area contributed by atoms with Gasteiger partial charge in [0.2, 0.25) is 3.79 Å². The molecule has 2 rings (SSSR count). The van der Waals surface area contributed by atoms with E-state index in [1.807, 2.05) is 35.2 Å². The van der Waals surface area contributed by atoms with E-state index < -0.39 is 15.9 Å². The molecule has 0 aromatic heterocycles. The molecule has 1 saturated heterocycles. The summed E-state index contributed by atoms with van der Waals surface area (Å²) in [6.07, 6.45) is -0.162. The van der Waals surface area contributed by atoms with E-state index in [1.54, 1.807) is 7.05 Å². The molecule has 1 amide bonds. The van der Waals surface area contributed by atoms with Gasteiger partial charge in [0.25, 0.3) is 0 Å². The van der Waals surface area contributed by atoms with Gasteiger partial charge < -0.3 is 14.4 Å². The lowest BCUT2D eigenvalue weighted by Crippen LogP contribution is -2.40. The maximum Gasteiger partial charge on any atom is 0.409 e. The number of hydrogen-bond donors (Lipinski definition) is 0. The predicted molar refractivity (Wildman–Crippen MR) is 100 cm³/mol. The third-order valence-corrected chi connectivity index (χ3v) is 4.61. The number of alkyl halides is 3. The van der Waals surface area contributed by atoms with Crippen LogP contribution >= 0.6 is 34.8 Å². The highest BCUT2D eigenvalue weighted by Gasteiger charge is 2.40. The number of methoxy groups -OCH3 is 1. The Morgan fingerprint density at radius 3 is 2.50 bits per heavy atom. The molecule has 0 saturated carbocycles. The third kappa shape index (κ3) is 5.91. The second-order valence-electron chi connectivity index (χ2n) is 6.12. The quantitative estimate of drug-likeness (QED) is 0.537. The predicted octanol–water partition coefficient (Wildman–Crippen LogP) is 3.24. The van der Waals surface area contributed by atoms with E-state index in [0.717, 1.165) is 5.56 Å². The van der Waals surface area contributed by atoms with Crippen molar-refractivity contribution in [1.82, 2.24) is 9.80 Å². The third-order valence-electron chi connectivity index (χ3n) is 4.28. The van der Waals surface area contributed by atoms with Crippen LogP contribution in [0.4, 0.5) is 4.79 Å². The number of ether oxygens (including phenoxy) is 2. The van der Waals surface area contributed by atoms with Crippen LogP contribution in [0, 0.1) is 0 Å². The van der Waals surface area contributed by atoms with Crippen molar-refractivity contribution in [2.45, 2.75) is 28.8 Å². The largest absolute Gasteiger partial charge is 0.468 e. The van der Waals surface area contributed by atoms with Crippen LogP contribution in [0.5, 0.6) is 0 Å². The van der Waals surface area contributed by atoms with Crippen LogP contribution in [-0.4, -0.2) is 65.0 Å². The number of likely N-dealkylation sites (tertiary alicyclic amines) is 1. The number of hydrogen-bond acceptors (Lipinski definition) is 5. The number of benzene rings is 1. The number of carbonyl (C=O) groups excluding carboxylic acids is 2. The van der Waals surface area contributed by atoms with Crippen molar-refractivity contribution in [2.24, 2.45) is 0 Å². The van der Waals surface area contributed by atoms with Crippen LogP contribution in [0.15, 0.2) is 30.3 Å². The zero-order valence-electron chi connectivity index (χ0n) is 14.5. The molecule has 0 bridgehead atoms. The van der Waals surface area contributed by atoms with E-state index in [9.17, 15) is 9.59 Å². The monoisotopic (exact) mass is 422 g/mol. The summed E-state index contributed by atoms with van der Waals surface area (Å²) in [6, 6.07) is 9.13. The number of amides is 1. The number of rotatable bonds is 5. The first kappa shape index (κ1) is 21.1. The van der Waals surface area contributed by atoms with Crippen molar-refractivity contribution in [1.29, 1.82) is 0 Å². The van der Waals surface area contributed by atoms with Gasteiger partial charge in [-0.1, -0.05) is 65.1 Å². The Morgan fingerprint density at radius 1 is 1.27 bits per heavy atom. The maximum atomic E-state index is 12.2. The summed E-state index contributed by atoms with van der Waals surface area (Å²) >= 11 is 16.8. The standard InChI is InChI=1S/C17H21Cl3N2O4/c1-21(16(24)26-11-17(18,19)20)13-8-14(15(23)25-2)22(10-13)9-12-6-4-3-5-7-12/h3-7,13-14H,8-11H2,1-2H3/t13-,14-/m0/s1. The Hall–Kier alpha value is -1.21. The maximum absolute atomic E-state index is 12.2. The molecule has 1 fully saturated rings. The van der Waals surface area contributed by atoms with Gasteiger partial charge in [0.1, 0.15) is 12.6 Å². The second-order valence-corrected chi connectivity index (χ2v) is 8.64. The van der Waals surface area contributed by atoms with Crippen LogP contribution in [0.3, 0.4) is 0 Å². The fourth-order valence-electron chi connectivity index (χ4n) is 2.93. The van der Waals surface area contributed by atoms with E-state index in [0.29, 0.717) is 19.5 Å². The second kappa shape index (κ2) is 9.13. The first-order chi connectivity index (χ1) is 12.2. The van der Waals surface area contributed by atoms with E-state index in [2.05, 4.69) is 0 Å². The minimum atomic E-state index is -1.67. The molecule has 9 heteroatoms. The van der Waals surface area contributed by atoms with Gasteiger partial charge in [-0.05, 0) is 12.0 Å². The Kier molecular flexibility index (Phi) is 7.41. The molecule has 0 radical (unpaired) electrons. The zero-order chi connectivity index (χ0) is 19.3. The topological polar surface area (TPSA) is 59.1 Å². The first-order valence-corrected chi connectivity index (χ1v) is 9.17. The fourth-order valence-corrected chi connectivity index (χ4v) is 3.09. The van der Waals surface area contributed by atoms with Crippen LogP contribution in [0.1, 0.15) is 12.0 Å². The van der Waals surface area contributed by atoms with Gasteiger partial charge in [-0.2, -0.15) is 0 Å². The highest BCUT2D eigenvalue weighted by Crippen LogP contribution is 2.28. The Balaban J connectivity index is 2.04. The molecule has 1 aromatic rings. The zero-order valence-corrected chi connectivity index (χ0v) is 16.8. The minimum Gasteiger partial charge on any atom is -0.468 e. The highest BCUT2D eigenvalue weighted by molar-refractivity contribution is 6.67. The van der Waals surface area contributed by atoms with Gasteiger partial charge in [0.15, 0.2) is 0 Å². The van der Waals surface area contributed by atoms with Gasteiger partial charge in [0.05, 0.1) is 7.11 Å². The fraction of sp³-hybridized carbons (Fsp3) is 0.529. The molecule has 1 aromatic carbocycles. The molecule has 6 nitrogen and oxygen atoms in total.